The summed E-state index contributed by atoms with van der Waals surface area (Å²) in [6, 6.07) is 0. The molecule has 0 fully saturated rings. The molecule has 0 saturated heterocycles. The second-order valence-electron chi connectivity index (χ2n) is 3.67. The first-order valence-corrected chi connectivity index (χ1v) is 6.37. The molecule has 1 amide bonds. The maximum atomic E-state index is 11.4. The van der Waals surface area contributed by atoms with Crippen LogP contribution < -0.4 is 5.32 Å². The van der Waals surface area contributed by atoms with Gasteiger partial charge in [-0.15, -0.1) is 5.10 Å². The molecular formula is C9H18N6OS. The van der Waals surface area contributed by atoms with Crippen molar-refractivity contribution in [1.82, 2.24) is 30.4 Å². The molecule has 0 spiro atoms. The van der Waals surface area contributed by atoms with Gasteiger partial charge in [0.2, 0.25) is 11.1 Å². The molecule has 1 aromatic heterocycles. The standard InChI is InChI=1S/C9H18N6OS/c1-10-5-6-15-9(11-12-13-15)17-7-4-8(16)14(2)3/h10H,4-7H2,1-3H3. The molecule has 0 atom stereocenters. The molecule has 0 saturated carbocycles. The number of thioether (sulfide) groups is 1. The number of carbonyl (C=O) groups excluding carboxylic acids is 1. The monoisotopic (exact) mass is 258 g/mol. The zero-order valence-corrected chi connectivity index (χ0v) is 11.2. The lowest BCUT2D eigenvalue weighted by Gasteiger charge is -2.09. The van der Waals surface area contributed by atoms with Crippen LogP contribution in [0.1, 0.15) is 6.42 Å². The van der Waals surface area contributed by atoms with Crippen molar-refractivity contribution in [1.29, 1.82) is 0 Å². The van der Waals surface area contributed by atoms with Crippen LogP contribution in [0.15, 0.2) is 5.16 Å². The van der Waals surface area contributed by atoms with Crippen LogP contribution in [0.3, 0.4) is 0 Å². The Bertz CT molecular complexity index is 353. The lowest BCUT2D eigenvalue weighted by molar-refractivity contribution is -0.128. The van der Waals surface area contributed by atoms with E-state index in [0.29, 0.717) is 12.2 Å². The zero-order chi connectivity index (χ0) is 12.7. The van der Waals surface area contributed by atoms with Crippen molar-refractivity contribution in [2.45, 2.75) is 18.1 Å². The predicted octanol–water partition coefficient (Wildman–Crippen LogP) is -0.537. The van der Waals surface area contributed by atoms with Gasteiger partial charge in [0, 0.05) is 32.8 Å². The molecular weight excluding hydrogens is 240 g/mol. The number of nitrogens with one attached hydrogen (secondary N) is 1. The van der Waals surface area contributed by atoms with Gasteiger partial charge in [0.15, 0.2) is 0 Å². The first kappa shape index (κ1) is 13.9. The van der Waals surface area contributed by atoms with Crippen LogP contribution in [0.25, 0.3) is 0 Å². The number of likely N-dealkylation sites (N-methyl/N-ethyl adjacent to an activating group) is 1. The molecule has 8 heteroatoms. The topological polar surface area (TPSA) is 75.9 Å². The van der Waals surface area contributed by atoms with E-state index in [1.54, 1.807) is 23.7 Å². The second kappa shape index (κ2) is 7.23. The summed E-state index contributed by atoms with van der Waals surface area (Å²) < 4.78 is 1.74. The van der Waals surface area contributed by atoms with Gasteiger partial charge in [-0.1, -0.05) is 11.8 Å². The van der Waals surface area contributed by atoms with E-state index in [1.807, 2.05) is 7.05 Å². The van der Waals surface area contributed by atoms with E-state index in [9.17, 15) is 4.79 Å². The van der Waals surface area contributed by atoms with Crippen LogP contribution in [0, 0.1) is 0 Å². The molecule has 1 heterocycles. The molecule has 17 heavy (non-hydrogen) atoms. The number of hydrogen-bond acceptors (Lipinski definition) is 6. The lowest BCUT2D eigenvalue weighted by Crippen LogP contribution is -2.22. The Morgan fingerprint density at radius 2 is 2.29 bits per heavy atom. The number of hydrogen-bond donors (Lipinski definition) is 1. The van der Waals surface area contributed by atoms with Gasteiger partial charge in [0.05, 0.1) is 6.54 Å². The maximum absolute atomic E-state index is 11.4. The third kappa shape index (κ3) is 4.70. The summed E-state index contributed by atoms with van der Waals surface area (Å²) in [5, 5.41) is 15.2. The van der Waals surface area contributed by atoms with Crippen molar-refractivity contribution < 1.29 is 4.79 Å². The SMILES string of the molecule is CNCCn1nnnc1SCCC(=O)N(C)C. The van der Waals surface area contributed by atoms with E-state index in [4.69, 9.17) is 0 Å². The van der Waals surface area contributed by atoms with Gasteiger partial charge in [-0.25, -0.2) is 4.68 Å². The molecule has 0 aliphatic heterocycles. The lowest BCUT2D eigenvalue weighted by atomic mass is 10.4. The summed E-state index contributed by atoms with van der Waals surface area (Å²) in [5.74, 6) is 0.809. The van der Waals surface area contributed by atoms with Crippen molar-refractivity contribution in [2.75, 3.05) is 33.4 Å². The van der Waals surface area contributed by atoms with Gasteiger partial charge < -0.3 is 10.2 Å². The minimum atomic E-state index is 0.117. The van der Waals surface area contributed by atoms with Gasteiger partial charge in [0.1, 0.15) is 0 Å². The summed E-state index contributed by atoms with van der Waals surface area (Å²) in [4.78, 5) is 13.0. The molecule has 96 valence electrons. The smallest absolute Gasteiger partial charge is 0.222 e. The molecule has 1 aromatic rings. The van der Waals surface area contributed by atoms with Crippen LogP contribution in [-0.4, -0.2) is 64.5 Å². The highest BCUT2D eigenvalue weighted by molar-refractivity contribution is 7.99. The highest BCUT2D eigenvalue weighted by Crippen LogP contribution is 2.14. The third-order valence-corrected chi connectivity index (χ3v) is 3.08. The summed E-state index contributed by atoms with van der Waals surface area (Å²) in [5.41, 5.74) is 0. The van der Waals surface area contributed by atoms with Crippen LogP contribution in [0.5, 0.6) is 0 Å². The predicted molar refractivity (Wildman–Crippen MR) is 65.8 cm³/mol. The van der Waals surface area contributed by atoms with Crippen LogP contribution in [0.4, 0.5) is 0 Å². The van der Waals surface area contributed by atoms with E-state index in [0.717, 1.165) is 18.2 Å². The number of nitrogens with zero attached hydrogens (tertiary/aromatic N) is 5. The largest absolute Gasteiger partial charge is 0.349 e. The Kier molecular flexibility index (Phi) is 5.92. The number of tetrazole rings is 1. The van der Waals surface area contributed by atoms with Gasteiger partial charge in [-0.3, -0.25) is 4.79 Å². The van der Waals surface area contributed by atoms with E-state index in [1.165, 1.54) is 11.8 Å². The Morgan fingerprint density at radius 3 is 2.94 bits per heavy atom. The summed E-state index contributed by atoms with van der Waals surface area (Å²) in [6.45, 7) is 1.54. The number of amides is 1. The summed E-state index contributed by atoms with van der Waals surface area (Å²) in [7, 11) is 5.39. The Hall–Kier alpha value is -1.15. The zero-order valence-electron chi connectivity index (χ0n) is 10.4. The van der Waals surface area contributed by atoms with E-state index in [-0.39, 0.29) is 5.91 Å². The summed E-state index contributed by atoms with van der Waals surface area (Å²) in [6.07, 6.45) is 0.497. The molecule has 0 aromatic carbocycles. The Balaban J connectivity index is 2.36. The fourth-order valence-corrected chi connectivity index (χ4v) is 1.94. The minimum Gasteiger partial charge on any atom is -0.349 e. The fourth-order valence-electron chi connectivity index (χ4n) is 1.11. The van der Waals surface area contributed by atoms with Gasteiger partial charge in [-0.2, -0.15) is 0 Å². The van der Waals surface area contributed by atoms with Crippen molar-refractivity contribution in [3.05, 3.63) is 0 Å². The molecule has 7 nitrogen and oxygen atoms in total. The second-order valence-corrected chi connectivity index (χ2v) is 4.74. The molecule has 0 unspecified atom stereocenters. The Labute approximate surface area is 105 Å². The van der Waals surface area contributed by atoms with Crippen molar-refractivity contribution in [2.24, 2.45) is 0 Å². The minimum absolute atomic E-state index is 0.117. The van der Waals surface area contributed by atoms with Crippen molar-refractivity contribution in [3.8, 4) is 0 Å². The highest BCUT2D eigenvalue weighted by atomic mass is 32.2. The van der Waals surface area contributed by atoms with E-state index < -0.39 is 0 Å². The van der Waals surface area contributed by atoms with E-state index in [2.05, 4.69) is 20.8 Å². The van der Waals surface area contributed by atoms with Gasteiger partial charge in [0.25, 0.3) is 0 Å². The van der Waals surface area contributed by atoms with Crippen molar-refractivity contribution in [3.63, 3.8) is 0 Å². The maximum Gasteiger partial charge on any atom is 0.222 e. The molecule has 1 rings (SSSR count). The van der Waals surface area contributed by atoms with Crippen LogP contribution in [0.2, 0.25) is 0 Å². The third-order valence-electron chi connectivity index (χ3n) is 2.12. The first-order valence-electron chi connectivity index (χ1n) is 5.39. The average Bonchev–Trinajstić information content (AvgIpc) is 2.73. The van der Waals surface area contributed by atoms with E-state index >= 15 is 0 Å². The molecule has 0 aliphatic rings. The summed E-state index contributed by atoms with van der Waals surface area (Å²) >= 11 is 1.50. The molecule has 0 radical (unpaired) electrons. The van der Waals surface area contributed by atoms with Gasteiger partial charge in [-0.05, 0) is 17.5 Å². The average molecular weight is 258 g/mol. The van der Waals surface area contributed by atoms with Crippen LogP contribution in [-0.2, 0) is 11.3 Å². The first-order chi connectivity index (χ1) is 8.15. The van der Waals surface area contributed by atoms with Crippen LogP contribution >= 0.6 is 11.8 Å². The number of rotatable bonds is 7. The molecule has 1 N–H and O–H groups in total. The van der Waals surface area contributed by atoms with Crippen molar-refractivity contribution >= 4 is 17.7 Å². The number of aromatic nitrogens is 4. The molecule has 0 bridgehead atoms. The molecule has 0 aliphatic carbocycles. The Morgan fingerprint density at radius 1 is 1.53 bits per heavy atom. The fraction of sp³-hybridized carbons (Fsp3) is 0.778. The quantitative estimate of drug-likeness (QED) is 0.662. The number of carbonyl (C=O) groups is 1. The van der Waals surface area contributed by atoms with Gasteiger partial charge >= 0.3 is 0 Å². The normalized spacial score (nSPS) is 10.5. The highest BCUT2D eigenvalue weighted by Gasteiger charge is 2.08.